The molecule has 0 aliphatic carbocycles. The predicted octanol–water partition coefficient (Wildman–Crippen LogP) is 6.65. The van der Waals surface area contributed by atoms with Crippen LogP contribution < -0.4 is 0 Å². The number of rotatable bonds is 26. The molecule has 4 atom stereocenters. The molecule has 1 fully saturated rings. The predicted molar refractivity (Wildman–Crippen MR) is 169 cm³/mol. The Morgan fingerprint density at radius 2 is 0.977 bits per heavy atom. The third-order valence-electron chi connectivity index (χ3n) is 7.68. The summed E-state index contributed by atoms with van der Waals surface area (Å²) >= 11 is 0. The second kappa shape index (κ2) is 25.0. The summed E-state index contributed by atoms with van der Waals surface area (Å²) in [5.41, 5.74) is 0. The molecule has 1 aliphatic heterocycles. The van der Waals surface area contributed by atoms with Crippen molar-refractivity contribution in [3.8, 4) is 0 Å². The fraction of sp³-hybridized carbons (Fsp3) is 0.882. The van der Waals surface area contributed by atoms with Crippen LogP contribution in [0.4, 0.5) is 0 Å². The van der Waals surface area contributed by atoms with Gasteiger partial charge in [0.2, 0.25) is 12.4 Å². The molecule has 0 radical (unpaired) electrons. The van der Waals surface area contributed by atoms with Crippen LogP contribution in [0.2, 0.25) is 0 Å². The Balaban J connectivity index is 3.01. The molecule has 10 nitrogen and oxygen atoms in total. The van der Waals surface area contributed by atoms with Gasteiger partial charge in [-0.15, -0.1) is 0 Å². The fourth-order valence-electron chi connectivity index (χ4n) is 4.98. The standard InChI is InChI=1S/C34H61NO9/c1-6-9-12-15-18-21-29(37)42-32-27(26-40-28(36)24-25-35(4)5)41-34(44-31(39)23-20-17-14-11-8-3)33(32)43-30(38)22-19-16-13-10-7-2/h27,32-34H,6-26H2,1-5H3/t27-,32+,33?,34+/m1/s1. The maximum Gasteiger partial charge on any atom is 0.308 e. The van der Waals surface area contributed by atoms with Gasteiger partial charge in [0.25, 0.3) is 0 Å². The van der Waals surface area contributed by atoms with Crippen molar-refractivity contribution < 1.29 is 42.9 Å². The van der Waals surface area contributed by atoms with E-state index in [9.17, 15) is 19.2 Å². The maximum absolute atomic E-state index is 12.9. The Labute approximate surface area is 266 Å². The van der Waals surface area contributed by atoms with Gasteiger partial charge in [-0.1, -0.05) is 97.8 Å². The summed E-state index contributed by atoms with van der Waals surface area (Å²) in [7, 11) is 3.72. The average molecular weight is 628 g/mol. The first-order valence-electron chi connectivity index (χ1n) is 17.3. The van der Waals surface area contributed by atoms with Crippen molar-refractivity contribution in [3.63, 3.8) is 0 Å². The zero-order chi connectivity index (χ0) is 32.6. The van der Waals surface area contributed by atoms with E-state index in [0.29, 0.717) is 25.8 Å². The number of esters is 4. The number of hydrogen-bond acceptors (Lipinski definition) is 10. The molecule has 0 saturated carbocycles. The highest BCUT2D eigenvalue weighted by atomic mass is 16.8. The Hall–Kier alpha value is -2.20. The van der Waals surface area contributed by atoms with Crippen LogP contribution in [-0.4, -0.2) is 80.6 Å². The average Bonchev–Trinajstić information content (AvgIpc) is 3.29. The van der Waals surface area contributed by atoms with Gasteiger partial charge in [0, 0.05) is 25.8 Å². The van der Waals surface area contributed by atoms with Gasteiger partial charge in [-0.2, -0.15) is 0 Å². The largest absolute Gasteiger partial charge is 0.463 e. The lowest BCUT2D eigenvalue weighted by Gasteiger charge is -2.24. The van der Waals surface area contributed by atoms with E-state index in [2.05, 4.69) is 20.8 Å². The zero-order valence-corrected chi connectivity index (χ0v) is 28.3. The minimum absolute atomic E-state index is 0.175. The number of nitrogens with zero attached hydrogens (tertiary/aromatic N) is 1. The van der Waals surface area contributed by atoms with Gasteiger partial charge in [0.15, 0.2) is 6.10 Å². The Bertz CT molecular complexity index is 804. The normalized spacial score (nSPS) is 19.6. The monoisotopic (exact) mass is 627 g/mol. The minimum atomic E-state index is -1.27. The van der Waals surface area contributed by atoms with E-state index in [1.54, 1.807) is 0 Å². The highest BCUT2D eigenvalue weighted by molar-refractivity contribution is 5.72. The molecule has 1 rings (SSSR count). The van der Waals surface area contributed by atoms with Gasteiger partial charge in [0.1, 0.15) is 12.7 Å². The molecular formula is C34H61NO9. The van der Waals surface area contributed by atoms with Crippen LogP contribution in [0.25, 0.3) is 0 Å². The Morgan fingerprint density at radius 3 is 1.43 bits per heavy atom. The van der Waals surface area contributed by atoms with E-state index in [4.69, 9.17) is 23.7 Å². The molecule has 256 valence electrons. The van der Waals surface area contributed by atoms with Crippen molar-refractivity contribution in [1.82, 2.24) is 4.90 Å². The summed E-state index contributed by atoms with van der Waals surface area (Å²) in [5.74, 6) is -1.84. The third kappa shape index (κ3) is 18.6. The van der Waals surface area contributed by atoms with Crippen molar-refractivity contribution in [2.45, 2.75) is 167 Å². The molecule has 0 aromatic carbocycles. The summed E-state index contributed by atoms with van der Waals surface area (Å²) in [4.78, 5) is 52.9. The number of unbranched alkanes of at least 4 members (excludes halogenated alkanes) is 12. The van der Waals surface area contributed by atoms with Gasteiger partial charge in [-0.05, 0) is 33.4 Å². The third-order valence-corrected chi connectivity index (χ3v) is 7.68. The molecule has 1 heterocycles. The van der Waals surface area contributed by atoms with Gasteiger partial charge in [-0.3, -0.25) is 19.2 Å². The summed E-state index contributed by atoms with van der Waals surface area (Å²) in [6.07, 6.45) is 10.8. The van der Waals surface area contributed by atoms with Crippen molar-refractivity contribution in [2.24, 2.45) is 0 Å². The van der Waals surface area contributed by atoms with Gasteiger partial charge >= 0.3 is 23.9 Å². The highest BCUT2D eigenvalue weighted by Crippen LogP contribution is 2.30. The molecule has 0 aromatic heterocycles. The van der Waals surface area contributed by atoms with Crippen molar-refractivity contribution in [3.05, 3.63) is 0 Å². The van der Waals surface area contributed by atoms with Gasteiger partial charge in [-0.25, -0.2) is 0 Å². The maximum atomic E-state index is 12.9. The topological polar surface area (TPSA) is 118 Å². The fourth-order valence-corrected chi connectivity index (χ4v) is 4.98. The molecule has 0 N–H and O–H groups in total. The zero-order valence-electron chi connectivity index (χ0n) is 28.3. The van der Waals surface area contributed by atoms with E-state index < -0.39 is 48.5 Å². The molecule has 1 aliphatic rings. The van der Waals surface area contributed by atoms with E-state index in [1.165, 1.54) is 0 Å². The van der Waals surface area contributed by atoms with E-state index >= 15 is 0 Å². The lowest BCUT2D eigenvalue weighted by atomic mass is 10.1. The molecule has 10 heteroatoms. The summed E-state index contributed by atoms with van der Waals surface area (Å²) < 4.78 is 28.8. The number of hydrogen-bond donors (Lipinski definition) is 0. The molecular weight excluding hydrogens is 566 g/mol. The van der Waals surface area contributed by atoms with Crippen LogP contribution in [0.3, 0.4) is 0 Å². The molecule has 1 unspecified atom stereocenters. The second-order valence-corrected chi connectivity index (χ2v) is 12.2. The van der Waals surface area contributed by atoms with E-state index in [0.717, 1.165) is 77.0 Å². The number of carbonyl (C=O) groups is 4. The summed E-state index contributed by atoms with van der Waals surface area (Å²) in [5, 5.41) is 0. The molecule has 0 aromatic rings. The Morgan fingerprint density at radius 1 is 0.545 bits per heavy atom. The van der Waals surface area contributed by atoms with Crippen LogP contribution in [-0.2, 0) is 42.9 Å². The first-order valence-corrected chi connectivity index (χ1v) is 17.3. The molecule has 1 saturated heterocycles. The van der Waals surface area contributed by atoms with E-state index in [-0.39, 0.29) is 32.3 Å². The van der Waals surface area contributed by atoms with Crippen molar-refractivity contribution >= 4 is 23.9 Å². The van der Waals surface area contributed by atoms with Crippen LogP contribution in [0, 0.1) is 0 Å². The van der Waals surface area contributed by atoms with Crippen LogP contribution in [0.1, 0.15) is 143 Å². The lowest BCUT2D eigenvalue weighted by molar-refractivity contribution is -0.200. The van der Waals surface area contributed by atoms with Crippen LogP contribution >= 0.6 is 0 Å². The first kappa shape index (κ1) is 39.8. The number of ether oxygens (including phenoxy) is 5. The molecule has 0 spiro atoms. The minimum Gasteiger partial charge on any atom is -0.463 e. The van der Waals surface area contributed by atoms with Gasteiger partial charge in [0.05, 0.1) is 6.42 Å². The van der Waals surface area contributed by atoms with Crippen LogP contribution in [0.15, 0.2) is 0 Å². The lowest BCUT2D eigenvalue weighted by Crippen LogP contribution is -2.42. The van der Waals surface area contributed by atoms with Crippen molar-refractivity contribution in [1.29, 1.82) is 0 Å². The SMILES string of the molecule is CCCCCCCC(=O)OC1[C@H](OC(=O)CCCCCCC)O[C@H](COC(=O)CCN(C)C)[C@@H]1OC(=O)CCCCCCC. The van der Waals surface area contributed by atoms with Crippen LogP contribution in [0.5, 0.6) is 0 Å². The smallest absolute Gasteiger partial charge is 0.308 e. The van der Waals surface area contributed by atoms with Gasteiger partial charge < -0.3 is 28.6 Å². The Kier molecular flexibility index (Phi) is 22.7. The van der Waals surface area contributed by atoms with E-state index in [1.807, 2.05) is 19.0 Å². The molecule has 44 heavy (non-hydrogen) atoms. The highest BCUT2D eigenvalue weighted by Gasteiger charge is 2.52. The second-order valence-electron chi connectivity index (χ2n) is 12.2. The quantitative estimate of drug-likeness (QED) is 0.0586. The summed E-state index contributed by atoms with van der Waals surface area (Å²) in [6.45, 7) is 6.67. The first-order chi connectivity index (χ1) is 21.2. The molecule has 0 amide bonds. The number of carbonyl (C=O) groups excluding carboxylic acids is 4. The van der Waals surface area contributed by atoms with Crippen molar-refractivity contribution in [2.75, 3.05) is 27.2 Å². The molecule has 0 bridgehead atoms. The summed E-state index contributed by atoms with van der Waals surface area (Å²) in [6, 6.07) is 0.